The van der Waals surface area contributed by atoms with Gasteiger partial charge < -0.3 is 10.6 Å². The summed E-state index contributed by atoms with van der Waals surface area (Å²) in [6.45, 7) is 0. The number of thioether (sulfide) groups is 1. The van der Waals surface area contributed by atoms with Crippen LogP contribution >= 0.6 is 58.2 Å². The highest BCUT2D eigenvalue weighted by Gasteiger charge is 2.16. The maximum absolute atomic E-state index is 13.3. The van der Waals surface area contributed by atoms with Crippen molar-refractivity contribution in [3.05, 3.63) is 133 Å². The lowest BCUT2D eigenvalue weighted by molar-refractivity contribution is -0.113. The molecule has 0 aliphatic heterocycles. The number of ketones is 1. The van der Waals surface area contributed by atoms with Gasteiger partial charge in [-0.15, -0.1) is 11.8 Å². The lowest BCUT2D eigenvalue weighted by atomic mass is 10.1. The van der Waals surface area contributed by atoms with E-state index in [0.29, 0.717) is 42.5 Å². The van der Waals surface area contributed by atoms with E-state index in [2.05, 4.69) is 10.6 Å². The monoisotopic (exact) mass is 628 g/mol. The van der Waals surface area contributed by atoms with Crippen LogP contribution in [0, 0.1) is 0 Å². The van der Waals surface area contributed by atoms with Crippen molar-refractivity contribution >= 4 is 87.5 Å². The van der Waals surface area contributed by atoms with E-state index in [0.717, 1.165) is 4.90 Å². The highest BCUT2D eigenvalue weighted by atomic mass is 35.5. The first-order valence-electron chi connectivity index (χ1n) is 11.8. The summed E-state index contributed by atoms with van der Waals surface area (Å²) in [5.74, 6) is -0.990. The molecule has 40 heavy (non-hydrogen) atoms. The lowest BCUT2D eigenvalue weighted by Gasteiger charge is -2.13. The molecule has 0 spiro atoms. The SMILES string of the molecule is O=C(Nc1cccc(SCC(=O)c2ccc(Cl)c(Cl)c2)c1)/C(=C/c1ccc(Cl)cc1Cl)NC(=O)c1ccccc1. The Morgan fingerprint density at radius 1 is 0.725 bits per heavy atom. The first-order chi connectivity index (χ1) is 19.2. The molecule has 2 amide bonds. The predicted molar refractivity (Wildman–Crippen MR) is 165 cm³/mol. The molecule has 0 saturated heterocycles. The number of hydrogen-bond acceptors (Lipinski definition) is 4. The van der Waals surface area contributed by atoms with Gasteiger partial charge in [-0.2, -0.15) is 0 Å². The van der Waals surface area contributed by atoms with Crippen molar-refractivity contribution in [1.82, 2.24) is 5.32 Å². The fourth-order valence-electron chi connectivity index (χ4n) is 3.48. The number of nitrogens with one attached hydrogen (secondary N) is 2. The van der Waals surface area contributed by atoms with Crippen molar-refractivity contribution in [2.75, 3.05) is 11.1 Å². The van der Waals surface area contributed by atoms with Crippen LogP contribution in [-0.2, 0) is 4.79 Å². The molecule has 0 radical (unpaired) electrons. The highest BCUT2D eigenvalue weighted by Crippen LogP contribution is 2.27. The third kappa shape index (κ3) is 8.13. The predicted octanol–water partition coefficient (Wildman–Crippen LogP) is 8.68. The fourth-order valence-corrected chi connectivity index (χ4v) is 5.09. The standard InChI is InChI=1S/C30H20Cl4N2O3S/c31-21-11-9-19(25(33)15-21)14-27(36-29(38)18-5-2-1-3-6-18)30(39)35-22-7-4-8-23(16-22)40-17-28(37)20-10-12-24(32)26(34)13-20/h1-16H,17H2,(H,35,39)(H,36,38)/b27-14-. The van der Waals surface area contributed by atoms with Crippen LogP contribution in [0.1, 0.15) is 26.3 Å². The normalized spacial score (nSPS) is 11.2. The van der Waals surface area contributed by atoms with Crippen LogP contribution in [0.2, 0.25) is 20.1 Å². The summed E-state index contributed by atoms with van der Waals surface area (Å²) in [7, 11) is 0. The largest absolute Gasteiger partial charge is 0.321 e. The molecule has 0 unspecified atom stereocenters. The molecular formula is C30H20Cl4N2O3S. The zero-order valence-corrected chi connectivity index (χ0v) is 24.4. The molecule has 202 valence electrons. The number of carbonyl (C=O) groups excluding carboxylic acids is 3. The number of amides is 2. The maximum atomic E-state index is 13.3. The highest BCUT2D eigenvalue weighted by molar-refractivity contribution is 8.00. The van der Waals surface area contributed by atoms with Gasteiger partial charge in [0.05, 0.1) is 15.8 Å². The Morgan fingerprint density at radius 3 is 2.23 bits per heavy atom. The van der Waals surface area contributed by atoms with Crippen molar-refractivity contribution in [2.24, 2.45) is 0 Å². The number of anilines is 1. The quantitative estimate of drug-likeness (QED) is 0.110. The second-order valence-electron chi connectivity index (χ2n) is 8.37. The number of benzene rings is 4. The third-order valence-electron chi connectivity index (χ3n) is 5.49. The molecule has 4 aromatic rings. The van der Waals surface area contributed by atoms with E-state index < -0.39 is 11.8 Å². The maximum Gasteiger partial charge on any atom is 0.272 e. The van der Waals surface area contributed by atoms with Crippen LogP contribution in [0.4, 0.5) is 5.69 Å². The van der Waals surface area contributed by atoms with Gasteiger partial charge in [0.1, 0.15) is 5.70 Å². The number of rotatable bonds is 9. The number of hydrogen-bond donors (Lipinski definition) is 2. The molecule has 10 heteroatoms. The van der Waals surface area contributed by atoms with Crippen molar-refractivity contribution in [2.45, 2.75) is 4.90 Å². The number of halogens is 4. The summed E-state index contributed by atoms with van der Waals surface area (Å²) in [6, 6.07) is 25.1. The molecule has 5 nitrogen and oxygen atoms in total. The van der Waals surface area contributed by atoms with Gasteiger partial charge in [-0.25, -0.2) is 0 Å². The van der Waals surface area contributed by atoms with E-state index in [4.69, 9.17) is 46.4 Å². The van der Waals surface area contributed by atoms with Crippen LogP contribution in [0.3, 0.4) is 0 Å². The molecule has 4 rings (SSSR count). The Hall–Kier alpha value is -3.26. The van der Waals surface area contributed by atoms with Crippen LogP contribution in [0.5, 0.6) is 0 Å². The van der Waals surface area contributed by atoms with E-state index in [1.807, 2.05) is 6.07 Å². The average Bonchev–Trinajstić information content (AvgIpc) is 2.94. The molecule has 0 heterocycles. The molecule has 0 aromatic heterocycles. The van der Waals surface area contributed by atoms with E-state index in [1.165, 1.54) is 23.9 Å². The average molecular weight is 630 g/mol. The molecule has 4 aromatic carbocycles. The van der Waals surface area contributed by atoms with E-state index >= 15 is 0 Å². The molecule has 0 bridgehead atoms. The van der Waals surface area contributed by atoms with E-state index in [-0.39, 0.29) is 17.2 Å². The summed E-state index contributed by atoms with van der Waals surface area (Å²) in [5.41, 5.74) is 1.78. The van der Waals surface area contributed by atoms with E-state index in [1.54, 1.807) is 78.9 Å². The van der Waals surface area contributed by atoms with Gasteiger partial charge in [0.25, 0.3) is 11.8 Å². The Labute approximate surface area is 255 Å². The van der Waals surface area contributed by atoms with Crippen molar-refractivity contribution in [3.8, 4) is 0 Å². The Balaban J connectivity index is 1.51. The van der Waals surface area contributed by atoms with Gasteiger partial charge >= 0.3 is 0 Å². The summed E-state index contributed by atoms with van der Waals surface area (Å²) in [4.78, 5) is 39.6. The minimum Gasteiger partial charge on any atom is -0.321 e. The summed E-state index contributed by atoms with van der Waals surface area (Å²) in [5, 5.41) is 6.92. The van der Waals surface area contributed by atoms with Crippen molar-refractivity contribution in [3.63, 3.8) is 0 Å². The first kappa shape index (κ1) is 29.7. The molecule has 0 saturated carbocycles. The topological polar surface area (TPSA) is 75.3 Å². The van der Waals surface area contributed by atoms with Gasteiger partial charge in [0.15, 0.2) is 5.78 Å². The second kappa shape index (κ2) is 13.9. The smallest absolute Gasteiger partial charge is 0.272 e. The van der Waals surface area contributed by atoms with Crippen molar-refractivity contribution in [1.29, 1.82) is 0 Å². The molecule has 0 aliphatic carbocycles. The van der Waals surface area contributed by atoms with Crippen LogP contribution in [0.25, 0.3) is 6.08 Å². The minimum atomic E-state index is -0.565. The summed E-state index contributed by atoms with van der Waals surface area (Å²) < 4.78 is 0. The zero-order chi connectivity index (χ0) is 28.6. The van der Waals surface area contributed by atoms with Crippen LogP contribution < -0.4 is 10.6 Å². The number of carbonyl (C=O) groups is 3. The lowest BCUT2D eigenvalue weighted by Crippen LogP contribution is -2.30. The van der Waals surface area contributed by atoms with Crippen molar-refractivity contribution < 1.29 is 14.4 Å². The zero-order valence-electron chi connectivity index (χ0n) is 20.6. The Bertz CT molecular complexity index is 1610. The molecule has 0 atom stereocenters. The summed E-state index contributed by atoms with van der Waals surface area (Å²) in [6.07, 6.45) is 1.48. The van der Waals surface area contributed by atoms with Crippen LogP contribution in [0.15, 0.2) is 102 Å². The Kier molecular flexibility index (Phi) is 10.3. The third-order valence-corrected chi connectivity index (χ3v) is 7.79. The van der Waals surface area contributed by atoms with Gasteiger partial charge in [-0.05, 0) is 72.3 Å². The number of Topliss-reactive ketones (excluding diaryl/α,β-unsaturated/α-hetero) is 1. The first-order valence-corrected chi connectivity index (χ1v) is 14.2. The second-order valence-corrected chi connectivity index (χ2v) is 11.1. The van der Waals surface area contributed by atoms with E-state index in [9.17, 15) is 14.4 Å². The minimum absolute atomic E-state index is 0.0223. The fraction of sp³-hybridized carbons (Fsp3) is 0.0333. The molecule has 0 fully saturated rings. The van der Waals surface area contributed by atoms with Crippen LogP contribution in [-0.4, -0.2) is 23.4 Å². The Morgan fingerprint density at radius 2 is 1.50 bits per heavy atom. The van der Waals surface area contributed by atoms with Gasteiger partial charge in [0.2, 0.25) is 0 Å². The van der Waals surface area contributed by atoms with Gasteiger partial charge in [-0.3, -0.25) is 14.4 Å². The molecular weight excluding hydrogens is 610 g/mol. The summed E-state index contributed by atoms with van der Waals surface area (Å²) >= 11 is 25.6. The molecule has 0 aliphatic rings. The van der Waals surface area contributed by atoms with Gasteiger partial charge in [-0.1, -0.05) is 76.7 Å². The van der Waals surface area contributed by atoms with Gasteiger partial charge in [0, 0.05) is 31.8 Å². The molecule has 2 N–H and O–H groups in total.